The van der Waals surface area contributed by atoms with Gasteiger partial charge in [0.2, 0.25) is 10.0 Å². The summed E-state index contributed by atoms with van der Waals surface area (Å²) in [5.41, 5.74) is 3.42. The Bertz CT molecular complexity index is 1800. The van der Waals surface area contributed by atoms with Gasteiger partial charge in [-0.05, 0) is 35.9 Å². The Morgan fingerprint density at radius 3 is 2.28 bits per heavy atom. The third-order valence-electron chi connectivity index (χ3n) is 6.30. The molecule has 200 valence electrons. The van der Waals surface area contributed by atoms with Crippen molar-refractivity contribution >= 4 is 60.8 Å². The van der Waals surface area contributed by atoms with E-state index in [0.29, 0.717) is 33.2 Å². The van der Waals surface area contributed by atoms with E-state index in [1.807, 2.05) is 36.4 Å². The molecule has 10 heteroatoms. The summed E-state index contributed by atoms with van der Waals surface area (Å²) in [4.78, 5) is 12.9. The quantitative estimate of drug-likeness (QED) is 0.232. The Kier molecular flexibility index (Phi) is 7.12. The Hall–Kier alpha value is -4.21. The standard InChI is InChI=1S/C29H25ClN2O6S/c1-36-27-16-24(28(37-2)15-23(27)30)32(39(3,34)35)17-18-8-10-19(11-9-18)29(33)31-20-12-13-22-21-6-4-5-7-25(21)38-26(22)14-20/h4-16H,17H2,1-3H3,(H,31,33). The molecule has 0 fully saturated rings. The summed E-state index contributed by atoms with van der Waals surface area (Å²) >= 11 is 6.20. The highest BCUT2D eigenvalue weighted by molar-refractivity contribution is 7.92. The molecule has 0 unspecified atom stereocenters. The topological polar surface area (TPSA) is 98.1 Å². The number of hydrogen-bond acceptors (Lipinski definition) is 6. The normalized spacial score (nSPS) is 11.5. The van der Waals surface area contributed by atoms with Crippen LogP contribution in [0.25, 0.3) is 21.9 Å². The minimum absolute atomic E-state index is 0.00456. The summed E-state index contributed by atoms with van der Waals surface area (Å²) < 4.78 is 43.2. The van der Waals surface area contributed by atoms with E-state index in [2.05, 4.69) is 5.32 Å². The van der Waals surface area contributed by atoms with E-state index in [0.717, 1.165) is 22.6 Å². The van der Waals surface area contributed by atoms with Crippen molar-refractivity contribution in [3.05, 3.63) is 95.0 Å². The lowest BCUT2D eigenvalue weighted by atomic mass is 10.1. The maximum Gasteiger partial charge on any atom is 0.255 e. The SMILES string of the molecule is COc1cc(N(Cc2ccc(C(=O)Nc3ccc4c(c3)oc3ccccc34)cc2)S(C)(=O)=O)c(OC)cc1Cl. The van der Waals surface area contributed by atoms with Crippen molar-refractivity contribution in [3.63, 3.8) is 0 Å². The number of methoxy groups -OCH3 is 2. The van der Waals surface area contributed by atoms with Crippen LogP contribution in [-0.2, 0) is 16.6 Å². The van der Waals surface area contributed by atoms with Crippen molar-refractivity contribution in [1.29, 1.82) is 0 Å². The number of halogens is 1. The lowest BCUT2D eigenvalue weighted by Crippen LogP contribution is -2.29. The van der Waals surface area contributed by atoms with E-state index in [-0.39, 0.29) is 23.9 Å². The smallest absolute Gasteiger partial charge is 0.255 e. The highest BCUT2D eigenvalue weighted by Gasteiger charge is 2.24. The molecule has 0 radical (unpaired) electrons. The third-order valence-corrected chi connectivity index (χ3v) is 7.72. The molecular formula is C29H25ClN2O6S. The number of nitrogens with one attached hydrogen (secondary N) is 1. The van der Waals surface area contributed by atoms with Crippen LogP contribution in [-0.4, -0.2) is 34.8 Å². The van der Waals surface area contributed by atoms with Crippen molar-refractivity contribution in [2.45, 2.75) is 6.54 Å². The maximum absolute atomic E-state index is 12.9. The number of para-hydroxylation sites is 1. The van der Waals surface area contributed by atoms with E-state index in [1.54, 1.807) is 30.3 Å². The van der Waals surface area contributed by atoms with Crippen molar-refractivity contribution in [1.82, 2.24) is 0 Å². The summed E-state index contributed by atoms with van der Waals surface area (Å²) in [6.45, 7) is 0.00456. The third kappa shape index (κ3) is 5.36. The molecule has 1 amide bonds. The van der Waals surface area contributed by atoms with E-state index in [1.165, 1.54) is 30.7 Å². The monoisotopic (exact) mass is 564 g/mol. The molecule has 0 saturated heterocycles. The lowest BCUT2D eigenvalue weighted by Gasteiger charge is -2.25. The van der Waals surface area contributed by atoms with Gasteiger partial charge >= 0.3 is 0 Å². The molecule has 1 N–H and O–H groups in total. The van der Waals surface area contributed by atoms with E-state index < -0.39 is 10.0 Å². The van der Waals surface area contributed by atoms with Crippen molar-refractivity contribution in [2.75, 3.05) is 30.1 Å². The fourth-order valence-electron chi connectivity index (χ4n) is 4.35. The number of hydrogen-bond donors (Lipinski definition) is 1. The number of ether oxygens (including phenoxy) is 2. The van der Waals surface area contributed by atoms with Crippen LogP contribution in [0, 0.1) is 0 Å². The van der Waals surface area contributed by atoms with Gasteiger partial charge in [-0.1, -0.05) is 41.9 Å². The first kappa shape index (κ1) is 26.4. The van der Waals surface area contributed by atoms with Crippen LogP contribution in [0.1, 0.15) is 15.9 Å². The Morgan fingerprint density at radius 1 is 0.897 bits per heavy atom. The molecular weight excluding hydrogens is 540 g/mol. The number of amides is 1. The van der Waals surface area contributed by atoms with Crippen molar-refractivity contribution < 1.29 is 27.1 Å². The molecule has 0 bridgehead atoms. The maximum atomic E-state index is 12.9. The number of rotatable bonds is 8. The van der Waals surface area contributed by atoms with Crippen LogP contribution in [0.5, 0.6) is 11.5 Å². The van der Waals surface area contributed by atoms with Crippen LogP contribution < -0.4 is 19.1 Å². The summed E-state index contributed by atoms with van der Waals surface area (Å²) in [6, 6.07) is 23.0. The summed E-state index contributed by atoms with van der Waals surface area (Å²) in [7, 11) is -0.838. The molecule has 0 saturated carbocycles. The average Bonchev–Trinajstić information content (AvgIpc) is 3.29. The van der Waals surface area contributed by atoms with Crippen molar-refractivity contribution in [3.8, 4) is 11.5 Å². The van der Waals surface area contributed by atoms with Crippen LogP contribution in [0.2, 0.25) is 5.02 Å². The van der Waals surface area contributed by atoms with Crippen LogP contribution >= 0.6 is 11.6 Å². The van der Waals surface area contributed by atoms with Gasteiger partial charge in [0.25, 0.3) is 5.91 Å². The molecule has 8 nitrogen and oxygen atoms in total. The largest absolute Gasteiger partial charge is 0.495 e. The zero-order chi connectivity index (χ0) is 27.7. The van der Waals surface area contributed by atoms with Gasteiger partial charge in [0.1, 0.15) is 22.7 Å². The number of furan rings is 1. The Balaban J connectivity index is 1.36. The highest BCUT2D eigenvalue weighted by Crippen LogP contribution is 2.39. The van der Waals surface area contributed by atoms with Crippen LogP contribution in [0.3, 0.4) is 0 Å². The number of sulfonamides is 1. The van der Waals surface area contributed by atoms with Crippen molar-refractivity contribution in [2.24, 2.45) is 0 Å². The summed E-state index contributed by atoms with van der Waals surface area (Å²) in [5.74, 6) is 0.290. The lowest BCUT2D eigenvalue weighted by molar-refractivity contribution is 0.102. The van der Waals surface area contributed by atoms with E-state index in [9.17, 15) is 13.2 Å². The first-order valence-corrected chi connectivity index (χ1v) is 14.1. The molecule has 5 aromatic rings. The molecule has 0 aliphatic carbocycles. The molecule has 4 aromatic carbocycles. The second-order valence-corrected chi connectivity index (χ2v) is 11.2. The van der Waals surface area contributed by atoms with E-state index >= 15 is 0 Å². The zero-order valence-electron chi connectivity index (χ0n) is 21.4. The molecule has 39 heavy (non-hydrogen) atoms. The van der Waals surface area contributed by atoms with Gasteiger partial charge < -0.3 is 19.2 Å². The Morgan fingerprint density at radius 2 is 1.59 bits per heavy atom. The first-order chi connectivity index (χ1) is 18.7. The van der Waals surface area contributed by atoms with Gasteiger partial charge in [0.15, 0.2) is 0 Å². The van der Waals surface area contributed by atoms with Gasteiger partial charge in [-0.15, -0.1) is 0 Å². The fraction of sp³-hybridized carbons (Fsp3) is 0.138. The number of carbonyl (C=O) groups is 1. The summed E-state index contributed by atoms with van der Waals surface area (Å²) in [5, 5.41) is 5.17. The predicted octanol–water partition coefficient (Wildman–Crippen LogP) is 6.48. The average molecular weight is 565 g/mol. The van der Waals surface area contributed by atoms with Gasteiger partial charge in [-0.2, -0.15) is 0 Å². The van der Waals surface area contributed by atoms with Gasteiger partial charge in [-0.3, -0.25) is 9.10 Å². The number of anilines is 2. The highest BCUT2D eigenvalue weighted by atomic mass is 35.5. The minimum atomic E-state index is -3.72. The number of benzene rings is 4. The Labute approximate surface area is 230 Å². The van der Waals surface area contributed by atoms with Crippen LogP contribution in [0.4, 0.5) is 11.4 Å². The molecule has 0 spiro atoms. The zero-order valence-corrected chi connectivity index (χ0v) is 23.0. The molecule has 1 aromatic heterocycles. The fourth-order valence-corrected chi connectivity index (χ4v) is 5.47. The molecule has 0 aliphatic rings. The molecule has 0 aliphatic heterocycles. The van der Waals surface area contributed by atoms with Gasteiger partial charge in [-0.25, -0.2) is 8.42 Å². The molecule has 5 rings (SSSR count). The van der Waals surface area contributed by atoms with E-state index in [4.69, 9.17) is 25.5 Å². The number of nitrogens with zero attached hydrogens (tertiary/aromatic N) is 1. The summed E-state index contributed by atoms with van der Waals surface area (Å²) in [6.07, 6.45) is 1.11. The van der Waals surface area contributed by atoms with Gasteiger partial charge in [0.05, 0.1) is 37.7 Å². The second kappa shape index (κ2) is 10.5. The molecule has 0 atom stereocenters. The number of carbonyl (C=O) groups excluding carboxylic acids is 1. The van der Waals surface area contributed by atoms with Gasteiger partial charge in [0, 0.05) is 40.2 Å². The molecule has 1 heterocycles. The first-order valence-electron chi connectivity index (χ1n) is 11.9. The number of fused-ring (bicyclic) bond motifs is 3. The minimum Gasteiger partial charge on any atom is -0.495 e. The second-order valence-electron chi connectivity index (χ2n) is 8.89. The predicted molar refractivity (Wildman–Crippen MR) is 154 cm³/mol. The van der Waals surface area contributed by atoms with Crippen LogP contribution in [0.15, 0.2) is 83.3 Å².